The van der Waals surface area contributed by atoms with Gasteiger partial charge < -0.3 is 4.90 Å². The molecule has 94 valence electrons. The number of nitrogens with zero attached hydrogens (tertiary/aromatic N) is 3. The highest BCUT2D eigenvalue weighted by Gasteiger charge is 2.30. The van der Waals surface area contributed by atoms with Crippen molar-refractivity contribution in [2.24, 2.45) is 5.41 Å². The summed E-state index contributed by atoms with van der Waals surface area (Å²) < 4.78 is 0. The third kappa shape index (κ3) is 2.89. The first-order valence-electron chi connectivity index (χ1n) is 6.17. The van der Waals surface area contributed by atoms with Crippen molar-refractivity contribution in [1.82, 2.24) is 9.97 Å². The number of halogens is 1. The van der Waals surface area contributed by atoms with Gasteiger partial charge in [-0.3, -0.25) is 0 Å². The molecule has 0 aromatic carbocycles. The first kappa shape index (κ1) is 12.6. The Morgan fingerprint density at radius 3 is 2.59 bits per heavy atom. The van der Waals surface area contributed by atoms with Gasteiger partial charge in [-0.25, -0.2) is 9.97 Å². The maximum Gasteiger partial charge on any atom is 0.135 e. The molecule has 0 unspecified atom stereocenters. The van der Waals surface area contributed by atoms with Gasteiger partial charge in [0.15, 0.2) is 0 Å². The van der Waals surface area contributed by atoms with Gasteiger partial charge in [-0.2, -0.15) is 0 Å². The van der Waals surface area contributed by atoms with Crippen molar-refractivity contribution in [3.63, 3.8) is 0 Å². The second-order valence-corrected chi connectivity index (χ2v) is 6.28. The fraction of sp³-hybridized carbons (Fsp3) is 0.692. The second kappa shape index (κ2) is 4.45. The molecule has 1 aliphatic rings. The molecule has 1 fully saturated rings. The van der Waals surface area contributed by atoms with E-state index in [0.717, 1.165) is 24.7 Å². The summed E-state index contributed by atoms with van der Waals surface area (Å²) in [5.74, 6) is 2.11. The highest BCUT2D eigenvalue weighted by molar-refractivity contribution is 6.29. The summed E-state index contributed by atoms with van der Waals surface area (Å²) >= 11 is 6.07. The van der Waals surface area contributed by atoms with Crippen LogP contribution >= 0.6 is 11.6 Å². The van der Waals surface area contributed by atoms with Crippen molar-refractivity contribution in [2.45, 2.75) is 40.0 Å². The van der Waals surface area contributed by atoms with Crippen molar-refractivity contribution < 1.29 is 0 Å². The predicted molar refractivity (Wildman–Crippen MR) is 71.7 cm³/mol. The minimum absolute atomic E-state index is 0.308. The molecule has 1 saturated heterocycles. The number of rotatable bonds is 2. The van der Waals surface area contributed by atoms with E-state index in [1.807, 2.05) is 6.07 Å². The van der Waals surface area contributed by atoms with Gasteiger partial charge >= 0.3 is 0 Å². The van der Waals surface area contributed by atoms with Crippen molar-refractivity contribution in [1.29, 1.82) is 0 Å². The Morgan fingerprint density at radius 1 is 1.35 bits per heavy atom. The van der Waals surface area contributed by atoms with E-state index in [1.54, 1.807) is 0 Å². The molecule has 0 amide bonds. The van der Waals surface area contributed by atoms with E-state index in [9.17, 15) is 0 Å². The monoisotopic (exact) mass is 253 g/mol. The van der Waals surface area contributed by atoms with Gasteiger partial charge in [-0.1, -0.05) is 39.3 Å². The van der Waals surface area contributed by atoms with Crippen LogP contribution in [0.3, 0.4) is 0 Å². The lowest BCUT2D eigenvalue weighted by atomic mass is 9.93. The van der Waals surface area contributed by atoms with Crippen LogP contribution in [-0.2, 0) is 0 Å². The van der Waals surface area contributed by atoms with Crippen LogP contribution in [0.4, 0.5) is 5.82 Å². The van der Waals surface area contributed by atoms with E-state index in [1.165, 1.54) is 6.42 Å². The van der Waals surface area contributed by atoms with E-state index in [-0.39, 0.29) is 0 Å². The van der Waals surface area contributed by atoms with Gasteiger partial charge in [-0.05, 0) is 11.8 Å². The minimum Gasteiger partial charge on any atom is -0.356 e. The Labute approximate surface area is 108 Å². The summed E-state index contributed by atoms with van der Waals surface area (Å²) in [6, 6.07) is 1.87. The standard InChI is InChI=1S/C13H20ClN3/c1-9(2)12-15-10(14)7-11(16-12)17-6-5-13(3,4)8-17/h7,9H,5-6,8H2,1-4H3. The van der Waals surface area contributed by atoms with Crippen molar-refractivity contribution in [2.75, 3.05) is 18.0 Å². The van der Waals surface area contributed by atoms with Gasteiger partial charge in [-0.15, -0.1) is 0 Å². The molecule has 0 atom stereocenters. The third-order valence-electron chi connectivity index (χ3n) is 3.22. The molecule has 3 nitrogen and oxygen atoms in total. The summed E-state index contributed by atoms with van der Waals surface area (Å²) in [7, 11) is 0. The molecule has 0 bridgehead atoms. The number of hydrogen-bond donors (Lipinski definition) is 0. The molecule has 0 saturated carbocycles. The van der Waals surface area contributed by atoms with Crippen LogP contribution in [0, 0.1) is 5.41 Å². The van der Waals surface area contributed by atoms with E-state index >= 15 is 0 Å². The molecular formula is C13H20ClN3. The molecule has 0 radical (unpaired) electrons. The lowest BCUT2D eigenvalue weighted by Crippen LogP contribution is -2.24. The van der Waals surface area contributed by atoms with E-state index in [4.69, 9.17) is 11.6 Å². The van der Waals surface area contributed by atoms with Crippen LogP contribution < -0.4 is 4.90 Å². The van der Waals surface area contributed by atoms with Crippen LogP contribution in [0.1, 0.15) is 45.9 Å². The van der Waals surface area contributed by atoms with Gasteiger partial charge in [0.25, 0.3) is 0 Å². The van der Waals surface area contributed by atoms with Crippen molar-refractivity contribution >= 4 is 17.4 Å². The highest BCUT2D eigenvalue weighted by Crippen LogP contribution is 2.32. The fourth-order valence-corrected chi connectivity index (χ4v) is 2.34. The third-order valence-corrected chi connectivity index (χ3v) is 3.41. The van der Waals surface area contributed by atoms with Crippen molar-refractivity contribution in [3.05, 3.63) is 17.0 Å². The molecule has 17 heavy (non-hydrogen) atoms. The van der Waals surface area contributed by atoms with Gasteiger partial charge in [0, 0.05) is 25.1 Å². The first-order chi connectivity index (χ1) is 7.87. The summed E-state index contributed by atoms with van der Waals surface area (Å²) in [5, 5.41) is 0.545. The Bertz CT molecular complexity index is 415. The summed E-state index contributed by atoms with van der Waals surface area (Å²) in [6.45, 7) is 10.8. The second-order valence-electron chi connectivity index (χ2n) is 5.90. The Balaban J connectivity index is 2.27. The van der Waals surface area contributed by atoms with E-state index < -0.39 is 0 Å². The molecule has 0 aliphatic carbocycles. The molecule has 1 aromatic heterocycles. The van der Waals surface area contributed by atoms with Crippen LogP contribution in [0.5, 0.6) is 0 Å². The molecule has 1 aliphatic heterocycles. The van der Waals surface area contributed by atoms with Crippen LogP contribution in [0.25, 0.3) is 0 Å². The average molecular weight is 254 g/mol. The summed E-state index contributed by atoms with van der Waals surface area (Å²) in [4.78, 5) is 11.2. The SMILES string of the molecule is CC(C)c1nc(Cl)cc(N2CCC(C)(C)C2)n1. The Hall–Kier alpha value is -0.830. The van der Waals surface area contributed by atoms with E-state index in [2.05, 4.69) is 42.6 Å². The van der Waals surface area contributed by atoms with Gasteiger partial charge in [0.2, 0.25) is 0 Å². The lowest BCUT2D eigenvalue weighted by Gasteiger charge is -2.21. The molecule has 0 N–H and O–H groups in total. The molecule has 0 spiro atoms. The van der Waals surface area contributed by atoms with Crippen LogP contribution in [0.15, 0.2) is 6.07 Å². The first-order valence-corrected chi connectivity index (χ1v) is 6.55. The summed E-state index contributed by atoms with van der Waals surface area (Å²) in [6.07, 6.45) is 1.20. The zero-order valence-electron chi connectivity index (χ0n) is 11.0. The maximum absolute atomic E-state index is 6.07. The number of aromatic nitrogens is 2. The topological polar surface area (TPSA) is 29.0 Å². The van der Waals surface area contributed by atoms with Crippen LogP contribution in [-0.4, -0.2) is 23.1 Å². The fourth-order valence-electron chi connectivity index (χ4n) is 2.15. The zero-order chi connectivity index (χ0) is 12.6. The van der Waals surface area contributed by atoms with E-state index in [0.29, 0.717) is 16.5 Å². The molecule has 4 heteroatoms. The smallest absolute Gasteiger partial charge is 0.135 e. The Kier molecular flexibility index (Phi) is 3.30. The number of anilines is 1. The maximum atomic E-state index is 6.07. The number of hydrogen-bond acceptors (Lipinski definition) is 3. The minimum atomic E-state index is 0.308. The quantitative estimate of drug-likeness (QED) is 0.756. The Morgan fingerprint density at radius 2 is 2.06 bits per heavy atom. The molecule has 1 aromatic rings. The van der Waals surface area contributed by atoms with Crippen LogP contribution in [0.2, 0.25) is 5.15 Å². The van der Waals surface area contributed by atoms with Gasteiger partial charge in [0.05, 0.1) is 0 Å². The van der Waals surface area contributed by atoms with Crippen molar-refractivity contribution in [3.8, 4) is 0 Å². The zero-order valence-corrected chi connectivity index (χ0v) is 11.8. The lowest BCUT2D eigenvalue weighted by molar-refractivity contribution is 0.418. The molecule has 2 rings (SSSR count). The molecular weight excluding hydrogens is 234 g/mol. The predicted octanol–water partition coefficient (Wildman–Crippen LogP) is 3.49. The largest absolute Gasteiger partial charge is 0.356 e. The van der Waals surface area contributed by atoms with Gasteiger partial charge in [0.1, 0.15) is 16.8 Å². The molecule has 2 heterocycles. The normalized spacial score (nSPS) is 19.1. The highest BCUT2D eigenvalue weighted by atomic mass is 35.5. The summed E-state index contributed by atoms with van der Waals surface area (Å²) in [5.41, 5.74) is 0.370. The average Bonchev–Trinajstić information content (AvgIpc) is 2.58.